The maximum absolute atomic E-state index is 14.1. The van der Waals surface area contributed by atoms with Crippen molar-refractivity contribution in [3.05, 3.63) is 82.9 Å². The monoisotopic (exact) mass is 478 g/mol. The normalized spacial score (nSPS) is 12.1. The molecule has 34 heavy (non-hydrogen) atoms. The molecule has 6 aromatic rings. The van der Waals surface area contributed by atoms with E-state index in [0.717, 1.165) is 24.3 Å². The molecule has 0 amide bonds. The van der Waals surface area contributed by atoms with Crippen LogP contribution >= 0.6 is 0 Å². The van der Waals surface area contributed by atoms with Gasteiger partial charge in [-0.05, 0) is 36.4 Å². The fourth-order valence-corrected chi connectivity index (χ4v) is 4.00. The zero-order chi connectivity index (χ0) is 24.0. The smallest absolute Gasteiger partial charge is 0.198 e. The van der Waals surface area contributed by atoms with Crippen LogP contribution in [0, 0.1) is 46.5 Å². The maximum atomic E-state index is 14.1. The van der Waals surface area contributed by atoms with Gasteiger partial charge in [0.15, 0.2) is 58.1 Å². The van der Waals surface area contributed by atoms with Crippen molar-refractivity contribution in [3.63, 3.8) is 0 Å². The molecule has 170 valence electrons. The van der Waals surface area contributed by atoms with E-state index in [-0.39, 0.29) is 33.5 Å². The van der Waals surface area contributed by atoms with Crippen molar-refractivity contribution in [1.29, 1.82) is 0 Å². The first-order valence-corrected chi connectivity index (χ1v) is 9.54. The van der Waals surface area contributed by atoms with Gasteiger partial charge in [-0.3, -0.25) is 0 Å². The number of fused-ring (bicyclic) bond motifs is 4. The predicted molar refractivity (Wildman–Crippen MR) is 106 cm³/mol. The SMILES string of the molecule is Fc1c(F)c(F)c2cc3oc(-c4cc5cc6c(F)c(F)c(F)c(F)c6cc5o4)cc3cc2c1F. The van der Waals surface area contributed by atoms with Crippen molar-refractivity contribution in [1.82, 2.24) is 0 Å². The number of hydrogen-bond donors (Lipinski definition) is 0. The van der Waals surface area contributed by atoms with Crippen LogP contribution in [0.5, 0.6) is 0 Å². The van der Waals surface area contributed by atoms with Crippen molar-refractivity contribution in [2.75, 3.05) is 0 Å². The van der Waals surface area contributed by atoms with E-state index in [4.69, 9.17) is 8.83 Å². The van der Waals surface area contributed by atoms with Gasteiger partial charge in [0.05, 0.1) is 0 Å². The number of benzene rings is 4. The minimum absolute atomic E-state index is 0.00521. The van der Waals surface area contributed by atoms with Gasteiger partial charge in [0.25, 0.3) is 0 Å². The zero-order valence-corrected chi connectivity index (χ0v) is 16.3. The number of halogens is 8. The standard InChI is InChI=1S/C24H6F8O2/c25-17-9-1-7-3-15(33-13(7)5-11(9)19(27)23(31)21(17)29)16-4-8-2-10-12(6-14(8)34-16)20(28)24(32)22(30)18(10)26/h1-6H. The fourth-order valence-electron chi connectivity index (χ4n) is 4.00. The summed E-state index contributed by atoms with van der Waals surface area (Å²) >= 11 is 0. The molecule has 2 heterocycles. The van der Waals surface area contributed by atoms with Gasteiger partial charge < -0.3 is 8.83 Å². The van der Waals surface area contributed by atoms with Crippen LogP contribution < -0.4 is 0 Å². The summed E-state index contributed by atoms with van der Waals surface area (Å²) in [5, 5.41) is -1.73. The molecule has 0 spiro atoms. The Morgan fingerprint density at radius 2 is 0.647 bits per heavy atom. The van der Waals surface area contributed by atoms with Crippen LogP contribution in [0.15, 0.2) is 45.2 Å². The molecule has 0 unspecified atom stereocenters. The molecule has 0 aliphatic heterocycles. The molecule has 10 heteroatoms. The van der Waals surface area contributed by atoms with Crippen LogP contribution in [0.1, 0.15) is 0 Å². The molecular formula is C24H6F8O2. The molecule has 6 rings (SSSR count). The van der Waals surface area contributed by atoms with Crippen molar-refractivity contribution >= 4 is 43.5 Å². The third-order valence-electron chi connectivity index (χ3n) is 5.66. The largest absolute Gasteiger partial charge is 0.453 e. The molecule has 0 saturated carbocycles. The minimum Gasteiger partial charge on any atom is -0.453 e. The van der Waals surface area contributed by atoms with Crippen LogP contribution in [0.25, 0.3) is 55.0 Å². The highest BCUT2D eigenvalue weighted by molar-refractivity contribution is 6.00. The summed E-state index contributed by atoms with van der Waals surface area (Å²) in [6.07, 6.45) is 0. The zero-order valence-electron chi connectivity index (χ0n) is 16.3. The lowest BCUT2D eigenvalue weighted by Gasteiger charge is -2.04. The second-order valence-corrected chi connectivity index (χ2v) is 7.60. The Hall–Kier alpha value is -4.08. The average molecular weight is 478 g/mol. The van der Waals surface area contributed by atoms with Crippen LogP contribution in [0.3, 0.4) is 0 Å². The summed E-state index contributed by atoms with van der Waals surface area (Å²) in [6, 6.07) is 6.78. The number of furan rings is 2. The van der Waals surface area contributed by atoms with E-state index < -0.39 is 68.1 Å². The van der Waals surface area contributed by atoms with Gasteiger partial charge in [0.1, 0.15) is 11.2 Å². The average Bonchev–Trinajstić information content (AvgIpc) is 3.44. The highest BCUT2D eigenvalue weighted by atomic mass is 19.2. The summed E-state index contributed by atoms with van der Waals surface area (Å²) in [6.45, 7) is 0. The lowest BCUT2D eigenvalue weighted by molar-refractivity contribution is 0.418. The molecular weight excluding hydrogens is 472 g/mol. The minimum atomic E-state index is -1.96. The van der Waals surface area contributed by atoms with Gasteiger partial charge in [-0.15, -0.1) is 0 Å². The van der Waals surface area contributed by atoms with E-state index >= 15 is 0 Å². The first-order valence-electron chi connectivity index (χ1n) is 9.54. The van der Waals surface area contributed by atoms with Gasteiger partial charge in [-0.2, -0.15) is 0 Å². The second-order valence-electron chi connectivity index (χ2n) is 7.60. The summed E-state index contributed by atoms with van der Waals surface area (Å²) < 4.78 is 122. The molecule has 2 aromatic heterocycles. The topological polar surface area (TPSA) is 26.3 Å². The summed E-state index contributed by atoms with van der Waals surface area (Å²) in [7, 11) is 0. The first-order chi connectivity index (χ1) is 16.2. The number of rotatable bonds is 1. The third kappa shape index (κ3) is 2.62. The van der Waals surface area contributed by atoms with Gasteiger partial charge in [0, 0.05) is 32.3 Å². The molecule has 0 atom stereocenters. The number of hydrogen-bond acceptors (Lipinski definition) is 2. The molecule has 0 saturated heterocycles. The highest BCUT2D eigenvalue weighted by Crippen LogP contribution is 2.38. The highest BCUT2D eigenvalue weighted by Gasteiger charge is 2.24. The van der Waals surface area contributed by atoms with Crippen molar-refractivity contribution in [3.8, 4) is 11.5 Å². The van der Waals surface area contributed by atoms with Crippen molar-refractivity contribution in [2.45, 2.75) is 0 Å². The fraction of sp³-hybridized carbons (Fsp3) is 0. The van der Waals surface area contributed by atoms with Crippen LogP contribution in [0.4, 0.5) is 35.1 Å². The summed E-state index contributed by atoms with van der Waals surface area (Å²) in [5.74, 6) is -14.2. The van der Waals surface area contributed by atoms with E-state index in [2.05, 4.69) is 0 Å². The van der Waals surface area contributed by atoms with E-state index in [9.17, 15) is 35.1 Å². The Kier molecular flexibility index (Phi) is 4.06. The molecule has 0 fully saturated rings. The molecule has 0 bridgehead atoms. The van der Waals surface area contributed by atoms with Crippen molar-refractivity contribution < 1.29 is 44.0 Å². The second kappa shape index (κ2) is 6.72. The molecule has 4 aromatic carbocycles. The molecule has 0 N–H and O–H groups in total. The van der Waals surface area contributed by atoms with E-state index in [1.54, 1.807) is 0 Å². The summed E-state index contributed by atoms with van der Waals surface area (Å²) in [4.78, 5) is 0. The van der Waals surface area contributed by atoms with Gasteiger partial charge in [0.2, 0.25) is 0 Å². The third-order valence-corrected chi connectivity index (χ3v) is 5.66. The van der Waals surface area contributed by atoms with Crippen LogP contribution in [0.2, 0.25) is 0 Å². The van der Waals surface area contributed by atoms with Crippen LogP contribution in [-0.2, 0) is 0 Å². The van der Waals surface area contributed by atoms with E-state index in [1.165, 1.54) is 12.1 Å². The lowest BCUT2D eigenvalue weighted by atomic mass is 10.1. The Morgan fingerprint density at radius 1 is 0.353 bits per heavy atom. The van der Waals surface area contributed by atoms with Gasteiger partial charge in [-0.25, -0.2) is 35.1 Å². The Labute approximate surface area is 182 Å². The Morgan fingerprint density at radius 3 is 0.971 bits per heavy atom. The van der Waals surface area contributed by atoms with Gasteiger partial charge in [-0.1, -0.05) is 0 Å². The molecule has 0 radical (unpaired) electrons. The molecule has 0 aliphatic rings. The predicted octanol–water partition coefficient (Wildman–Crippen LogP) is 8.27. The van der Waals surface area contributed by atoms with E-state index in [0.29, 0.717) is 0 Å². The van der Waals surface area contributed by atoms with Gasteiger partial charge >= 0.3 is 0 Å². The molecule has 2 nitrogen and oxygen atoms in total. The van der Waals surface area contributed by atoms with E-state index in [1.807, 2.05) is 0 Å². The van der Waals surface area contributed by atoms with Crippen molar-refractivity contribution in [2.24, 2.45) is 0 Å². The summed E-state index contributed by atoms with van der Waals surface area (Å²) in [5.41, 5.74) is -0.0303. The maximum Gasteiger partial charge on any atom is 0.198 e. The Balaban J connectivity index is 1.57. The van der Waals surface area contributed by atoms with Crippen LogP contribution in [-0.4, -0.2) is 0 Å². The quantitative estimate of drug-likeness (QED) is 0.135. The molecule has 0 aliphatic carbocycles. The lowest BCUT2D eigenvalue weighted by Crippen LogP contribution is -1.97. The first kappa shape index (κ1) is 20.5. The Bertz CT molecular complexity index is 1580.